The highest BCUT2D eigenvalue weighted by Crippen LogP contribution is 2.33. The molecule has 0 aliphatic rings. The normalized spacial score (nSPS) is 11.6. The third-order valence-corrected chi connectivity index (χ3v) is 6.19. The third-order valence-electron chi connectivity index (χ3n) is 5.22. The topological polar surface area (TPSA) is 58.6 Å². The van der Waals surface area contributed by atoms with E-state index < -0.39 is 0 Å². The first-order valence-electron chi connectivity index (χ1n) is 9.34. The molecule has 0 aliphatic heterocycles. The highest BCUT2D eigenvalue weighted by molar-refractivity contribution is 9.10. The van der Waals surface area contributed by atoms with Gasteiger partial charge in [0.25, 0.3) is 0 Å². The van der Waals surface area contributed by atoms with Crippen molar-refractivity contribution in [3.8, 4) is 17.2 Å². The van der Waals surface area contributed by atoms with Crippen LogP contribution in [0.5, 0.6) is 5.75 Å². The minimum Gasteiger partial charge on any atom is -0.506 e. The molecule has 146 valence electrons. The summed E-state index contributed by atoms with van der Waals surface area (Å²) in [6.07, 6.45) is 1.67. The molecule has 0 aliphatic carbocycles. The van der Waals surface area contributed by atoms with E-state index in [-0.39, 0.29) is 5.75 Å². The van der Waals surface area contributed by atoms with E-state index in [1.807, 2.05) is 56.3 Å². The van der Waals surface area contributed by atoms with Crippen LogP contribution in [0.25, 0.3) is 22.6 Å². The Morgan fingerprint density at radius 3 is 2.55 bits per heavy atom. The van der Waals surface area contributed by atoms with Crippen LogP contribution in [0.3, 0.4) is 0 Å². The smallest absolute Gasteiger partial charge is 0.227 e. The molecule has 4 aromatic rings. The Morgan fingerprint density at radius 1 is 1.00 bits per heavy atom. The average molecular weight is 449 g/mol. The van der Waals surface area contributed by atoms with Crippen LogP contribution in [-0.2, 0) is 0 Å². The van der Waals surface area contributed by atoms with Crippen LogP contribution in [-0.4, -0.2) is 16.3 Å². The van der Waals surface area contributed by atoms with Crippen LogP contribution in [0.2, 0.25) is 0 Å². The van der Waals surface area contributed by atoms with Crippen molar-refractivity contribution in [2.24, 2.45) is 4.99 Å². The molecule has 0 fully saturated rings. The fourth-order valence-corrected chi connectivity index (χ4v) is 3.69. The molecular formula is C24H21BrN2O2. The first-order chi connectivity index (χ1) is 13.8. The van der Waals surface area contributed by atoms with Crippen LogP contribution >= 0.6 is 15.9 Å². The van der Waals surface area contributed by atoms with Crippen LogP contribution in [0, 0.1) is 27.7 Å². The van der Waals surface area contributed by atoms with Gasteiger partial charge >= 0.3 is 0 Å². The van der Waals surface area contributed by atoms with Crippen molar-refractivity contribution in [2.45, 2.75) is 27.7 Å². The van der Waals surface area contributed by atoms with E-state index in [4.69, 9.17) is 4.42 Å². The molecule has 0 atom stereocenters. The molecule has 1 heterocycles. The Labute approximate surface area is 178 Å². The fourth-order valence-electron chi connectivity index (χ4n) is 3.15. The first-order valence-corrected chi connectivity index (χ1v) is 10.1. The van der Waals surface area contributed by atoms with E-state index in [9.17, 15) is 5.11 Å². The summed E-state index contributed by atoms with van der Waals surface area (Å²) in [5.41, 5.74) is 8.38. The van der Waals surface area contributed by atoms with E-state index in [1.165, 1.54) is 11.1 Å². The number of fused-ring (bicyclic) bond motifs is 1. The van der Waals surface area contributed by atoms with Gasteiger partial charge in [-0.2, -0.15) is 0 Å². The number of phenols is 1. The number of nitrogens with zero attached hydrogens (tertiary/aromatic N) is 2. The lowest BCUT2D eigenvalue weighted by Crippen LogP contribution is -1.90. The summed E-state index contributed by atoms with van der Waals surface area (Å²) in [4.78, 5) is 9.17. The molecule has 0 radical (unpaired) electrons. The highest BCUT2D eigenvalue weighted by atomic mass is 79.9. The molecule has 0 saturated carbocycles. The van der Waals surface area contributed by atoms with Gasteiger partial charge in [0.2, 0.25) is 5.89 Å². The van der Waals surface area contributed by atoms with Gasteiger partial charge in [-0.05, 0) is 102 Å². The molecule has 0 spiro atoms. The largest absolute Gasteiger partial charge is 0.506 e. The number of aromatic nitrogens is 1. The van der Waals surface area contributed by atoms with E-state index in [1.54, 1.807) is 6.21 Å². The minimum absolute atomic E-state index is 0.192. The van der Waals surface area contributed by atoms with Gasteiger partial charge in [0.1, 0.15) is 11.3 Å². The summed E-state index contributed by atoms with van der Waals surface area (Å²) in [6.45, 7) is 8.10. The maximum Gasteiger partial charge on any atom is 0.227 e. The number of aromatic hydroxyl groups is 1. The van der Waals surface area contributed by atoms with Gasteiger partial charge < -0.3 is 9.52 Å². The SMILES string of the molecule is Cc1cc2nc(-c3cccc(N=Cc4cc(C)c(C)c(Br)c4O)c3)oc2cc1C. The van der Waals surface area contributed by atoms with Crippen molar-refractivity contribution in [2.75, 3.05) is 0 Å². The van der Waals surface area contributed by atoms with Gasteiger partial charge in [0, 0.05) is 17.3 Å². The second-order valence-corrected chi connectivity index (χ2v) is 8.10. The van der Waals surface area contributed by atoms with Gasteiger partial charge in [-0.3, -0.25) is 4.99 Å². The Kier molecular flexibility index (Phi) is 5.01. The number of aliphatic imine (C=N–C) groups is 1. The Bertz CT molecular complexity index is 1230. The molecule has 1 aromatic heterocycles. The third kappa shape index (κ3) is 3.70. The molecule has 4 nitrogen and oxygen atoms in total. The molecule has 0 bridgehead atoms. The second-order valence-electron chi connectivity index (χ2n) is 7.30. The van der Waals surface area contributed by atoms with Crippen molar-refractivity contribution in [1.29, 1.82) is 0 Å². The molecule has 4 rings (SSSR count). The van der Waals surface area contributed by atoms with Gasteiger partial charge in [-0.1, -0.05) is 6.07 Å². The number of rotatable bonds is 3. The number of benzene rings is 3. The van der Waals surface area contributed by atoms with Crippen LogP contribution in [0.15, 0.2) is 56.3 Å². The lowest BCUT2D eigenvalue weighted by Gasteiger charge is -2.08. The molecule has 0 unspecified atom stereocenters. The number of hydrogen-bond donors (Lipinski definition) is 1. The zero-order valence-corrected chi connectivity index (χ0v) is 18.3. The zero-order chi connectivity index (χ0) is 20.7. The Morgan fingerprint density at radius 2 is 1.76 bits per heavy atom. The molecular weight excluding hydrogens is 428 g/mol. The predicted octanol–water partition coefficient (Wildman–Crippen LogP) is 6.95. The van der Waals surface area contributed by atoms with Crippen LogP contribution < -0.4 is 0 Å². The summed E-state index contributed by atoms with van der Waals surface area (Å²) in [5.74, 6) is 0.761. The molecule has 3 aromatic carbocycles. The van der Waals surface area contributed by atoms with E-state index >= 15 is 0 Å². The summed E-state index contributed by atoms with van der Waals surface area (Å²) in [5, 5.41) is 10.4. The maximum atomic E-state index is 10.4. The lowest BCUT2D eigenvalue weighted by molar-refractivity contribution is 0.470. The minimum atomic E-state index is 0.192. The predicted molar refractivity (Wildman–Crippen MR) is 121 cm³/mol. The second kappa shape index (κ2) is 7.48. The molecule has 0 saturated heterocycles. The average Bonchev–Trinajstić information content (AvgIpc) is 3.11. The quantitative estimate of drug-likeness (QED) is 0.345. The molecule has 0 amide bonds. The van der Waals surface area contributed by atoms with Gasteiger partial charge in [-0.15, -0.1) is 0 Å². The van der Waals surface area contributed by atoms with Gasteiger partial charge in [0.15, 0.2) is 5.58 Å². The first kappa shape index (κ1) is 19.4. The number of oxazole rings is 1. The maximum absolute atomic E-state index is 10.4. The van der Waals surface area contributed by atoms with E-state index in [0.717, 1.165) is 33.5 Å². The molecule has 5 heteroatoms. The Balaban J connectivity index is 1.69. The van der Waals surface area contributed by atoms with Crippen molar-refractivity contribution < 1.29 is 9.52 Å². The summed E-state index contributed by atoms with van der Waals surface area (Å²) in [7, 11) is 0. The van der Waals surface area contributed by atoms with Crippen LogP contribution in [0.4, 0.5) is 5.69 Å². The molecule has 1 N–H and O–H groups in total. The Hall–Kier alpha value is -2.92. The number of aryl methyl sites for hydroxylation is 3. The zero-order valence-electron chi connectivity index (χ0n) is 16.7. The monoisotopic (exact) mass is 448 g/mol. The van der Waals surface area contributed by atoms with Crippen molar-refractivity contribution in [3.05, 3.63) is 74.8 Å². The van der Waals surface area contributed by atoms with Crippen molar-refractivity contribution in [1.82, 2.24) is 4.98 Å². The summed E-state index contributed by atoms with van der Waals surface area (Å²) < 4.78 is 6.66. The van der Waals surface area contributed by atoms with Gasteiger partial charge in [-0.25, -0.2) is 4.98 Å². The van der Waals surface area contributed by atoms with Crippen molar-refractivity contribution in [3.63, 3.8) is 0 Å². The standard InChI is InChI=1S/C24H21BrN2O2/c1-13-9-20-21(10-14(13)2)29-24(27-20)17-6-5-7-19(11-17)26-12-18-8-15(3)16(4)22(25)23(18)28/h5-12,28H,1-4H3. The summed E-state index contributed by atoms with van der Waals surface area (Å²) >= 11 is 3.44. The van der Waals surface area contributed by atoms with Crippen molar-refractivity contribution >= 4 is 38.9 Å². The van der Waals surface area contributed by atoms with Crippen LogP contribution in [0.1, 0.15) is 27.8 Å². The summed E-state index contributed by atoms with van der Waals surface area (Å²) in [6, 6.07) is 13.7. The highest BCUT2D eigenvalue weighted by Gasteiger charge is 2.11. The lowest BCUT2D eigenvalue weighted by atomic mass is 10.1. The van der Waals surface area contributed by atoms with E-state index in [0.29, 0.717) is 15.9 Å². The number of halogens is 1. The fraction of sp³-hybridized carbons (Fsp3) is 0.167. The number of phenolic OH excluding ortho intramolecular Hbond substituents is 1. The van der Waals surface area contributed by atoms with Gasteiger partial charge in [0.05, 0.1) is 10.2 Å². The van der Waals surface area contributed by atoms with E-state index in [2.05, 4.69) is 39.8 Å². The molecule has 29 heavy (non-hydrogen) atoms. The number of hydrogen-bond acceptors (Lipinski definition) is 4.